The lowest BCUT2D eigenvalue weighted by Crippen LogP contribution is -1.99. The molecular weight excluding hydrogens is 248 g/mol. The largest absolute Gasteiger partial charge is 0.491 e. The number of aromatic nitrogens is 2. The average molecular weight is 265 g/mol. The highest BCUT2D eigenvalue weighted by Gasteiger charge is 2.28. The molecule has 0 aliphatic heterocycles. The molecule has 1 aliphatic carbocycles. The van der Waals surface area contributed by atoms with Gasteiger partial charge in [0, 0.05) is 6.04 Å². The lowest BCUT2D eigenvalue weighted by molar-refractivity contribution is 0.320. The quantitative estimate of drug-likeness (QED) is 0.766. The van der Waals surface area contributed by atoms with Crippen molar-refractivity contribution >= 4 is 22.6 Å². The van der Waals surface area contributed by atoms with E-state index < -0.39 is 0 Å². The van der Waals surface area contributed by atoms with Crippen LogP contribution < -0.4 is 4.74 Å². The monoisotopic (exact) mass is 264 g/mol. The smallest absolute Gasteiger partial charge is 0.147 e. The van der Waals surface area contributed by atoms with Crippen LogP contribution in [0.4, 0.5) is 0 Å². The van der Waals surface area contributed by atoms with Gasteiger partial charge in [0.15, 0.2) is 0 Å². The van der Waals surface area contributed by atoms with E-state index in [4.69, 9.17) is 16.3 Å². The third kappa shape index (κ3) is 1.97. The van der Waals surface area contributed by atoms with Gasteiger partial charge in [0.05, 0.1) is 18.0 Å². The number of nitrogens with zero attached hydrogens (tertiary/aromatic N) is 2. The van der Waals surface area contributed by atoms with Crippen molar-refractivity contribution in [2.45, 2.75) is 38.1 Å². The van der Waals surface area contributed by atoms with Crippen LogP contribution in [0.3, 0.4) is 0 Å². The van der Waals surface area contributed by atoms with Gasteiger partial charge in [0.2, 0.25) is 0 Å². The van der Waals surface area contributed by atoms with Gasteiger partial charge in [-0.25, -0.2) is 4.98 Å². The van der Waals surface area contributed by atoms with Gasteiger partial charge in [0.25, 0.3) is 0 Å². The van der Waals surface area contributed by atoms with E-state index >= 15 is 0 Å². The van der Waals surface area contributed by atoms with Crippen molar-refractivity contribution < 1.29 is 4.74 Å². The highest BCUT2D eigenvalue weighted by Crippen LogP contribution is 2.40. The number of alkyl halides is 1. The molecule has 3 rings (SSSR count). The van der Waals surface area contributed by atoms with Crippen LogP contribution in [0.1, 0.15) is 38.1 Å². The van der Waals surface area contributed by atoms with Crippen molar-refractivity contribution in [2.75, 3.05) is 6.61 Å². The second kappa shape index (κ2) is 4.81. The summed E-state index contributed by atoms with van der Waals surface area (Å²) in [5.74, 6) is 2.29. The van der Waals surface area contributed by atoms with E-state index in [-0.39, 0.29) is 0 Å². The van der Waals surface area contributed by atoms with E-state index in [1.165, 1.54) is 12.8 Å². The third-order valence-electron chi connectivity index (χ3n) is 3.25. The van der Waals surface area contributed by atoms with E-state index in [2.05, 4.69) is 22.5 Å². The molecule has 2 aromatic rings. The van der Waals surface area contributed by atoms with Crippen molar-refractivity contribution in [1.82, 2.24) is 9.55 Å². The second-order valence-electron chi connectivity index (χ2n) is 4.74. The summed E-state index contributed by atoms with van der Waals surface area (Å²) in [5, 5.41) is 0. The Hall–Kier alpha value is -1.22. The highest BCUT2D eigenvalue weighted by atomic mass is 35.5. The molecule has 0 unspecified atom stereocenters. The van der Waals surface area contributed by atoms with Crippen LogP contribution in [0, 0.1) is 0 Å². The number of fused-ring (bicyclic) bond motifs is 1. The number of benzene rings is 1. The molecule has 0 N–H and O–H groups in total. The fourth-order valence-corrected chi connectivity index (χ4v) is 2.49. The van der Waals surface area contributed by atoms with Crippen molar-refractivity contribution in [2.24, 2.45) is 0 Å². The van der Waals surface area contributed by atoms with E-state index in [0.29, 0.717) is 11.9 Å². The first kappa shape index (κ1) is 11.8. The predicted octanol–water partition coefficient (Wildman–Crippen LogP) is 3.90. The Kier molecular flexibility index (Phi) is 3.16. The summed E-state index contributed by atoms with van der Waals surface area (Å²) in [6.45, 7) is 2.83. The van der Waals surface area contributed by atoms with Gasteiger partial charge in [-0.1, -0.05) is 13.0 Å². The van der Waals surface area contributed by atoms with Gasteiger partial charge in [-0.15, -0.1) is 11.6 Å². The summed E-state index contributed by atoms with van der Waals surface area (Å²) in [7, 11) is 0. The Labute approximate surface area is 112 Å². The highest BCUT2D eigenvalue weighted by molar-refractivity contribution is 6.16. The molecule has 0 spiro atoms. The van der Waals surface area contributed by atoms with E-state index in [0.717, 1.165) is 35.6 Å². The van der Waals surface area contributed by atoms with Crippen molar-refractivity contribution in [3.05, 3.63) is 24.0 Å². The summed E-state index contributed by atoms with van der Waals surface area (Å²) < 4.78 is 8.04. The lowest BCUT2D eigenvalue weighted by atomic mass is 10.3. The number of hydrogen-bond acceptors (Lipinski definition) is 2. The Morgan fingerprint density at radius 2 is 2.28 bits per heavy atom. The summed E-state index contributed by atoms with van der Waals surface area (Å²) in [5.41, 5.74) is 2.11. The molecule has 0 saturated heterocycles. The van der Waals surface area contributed by atoms with E-state index in [9.17, 15) is 0 Å². The topological polar surface area (TPSA) is 27.1 Å². The summed E-state index contributed by atoms with van der Waals surface area (Å²) >= 11 is 6.01. The van der Waals surface area contributed by atoms with Gasteiger partial charge in [-0.3, -0.25) is 0 Å². The maximum atomic E-state index is 6.01. The SMILES string of the molecule is CCCOc1cccc2c1nc(CCl)n2C1CC1. The number of rotatable bonds is 5. The standard InChI is InChI=1S/C14H17ClN2O/c1-2-8-18-12-5-3-4-11-14(12)16-13(9-15)17(11)10-6-7-10/h3-5,10H,2,6-9H2,1H3. The number of para-hydroxylation sites is 1. The van der Waals surface area contributed by atoms with Gasteiger partial charge < -0.3 is 9.30 Å². The van der Waals surface area contributed by atoms with Gasteiger partial charge >= 0.3 is 0 Å². The zero-order valence-corrected chi connectivity index (χ0v) is 11.3. The zero-order valence-electron chi connectivity index (χ0n) is 10.5. The first-order valence-corrected chi connectivity index (χ1v) is 7.07. The minimum absolute atomic E-state index is 0.457. The first-order valence-electron chi connectivity index (χ1n) is 6.53. The summed E-state index contributed by atoms with van der Waals surface area (Å²) in [6, 6.07) is 6.71. The minimum atomic E-state index is 0.457. The van der Waals surface area contributed by atoms with E-state index in [1.807, 2.05) is 12.1 Å². The fourth-order valence-electron chi connectivity index (χ4n) is 2.30. The van der Waals surface area contributed by atoms with Crippen LogP contribution in [0.15, 0.2) is 18.2 Å². The van der Waals surface area contributed by atoms with Crippen LogP contribution in [-0.2, 0) is 5.88 Å². The van der Waals surface area contributed by atoms with Crippen LogP contribution in [0.5, 0.6) is 5.75 Å². The number of imidazole rings is 1. The van der Waals surface area contributed by atoms with Crippen molar-refractivity contribution in [3.63, 3.8) is 0 Å². The third-order valence-corrected chi connectivity index (χ3v) is 3.49. The minimum Gasteiger partial charge on any atom is -0.491 e. The maximum absolute atomic E-state index is 6.01. The van der Waals surface area contributed by atoms with Gasteiger partial charge in [-0.2, -0.15) is 0 Å². The molecule has 18 heavy (non-hydrogen) atoms. The van der Waals surface area contributed by atoms with Crippen LogP contribution in [-0.4, -0.2) is 16.2 Å². The molecule has 0 atom stereocenters. The number of halogens is 1. The molecule has 0 amide bonds. The number of ether oxygens (including phenoxy) is 1. The van der Waals surface area contributed by atoms with Crippen LogP contribution in [0.2, 0.25) is 0 Å². The molecule has 1 fully saturated rings. The fraction of sp³-hybridized carbons (Fsp3) is 0.500. The molecule has 1 aliphatic rings. The van der Waals surface area contributed by atoms with Gasteiger partial charge in [-0.05, 0) is 31.4 Å². The zero-order chi connectivity index (χ0) is 12.5. The molecule has 4 heteroatoms. The van der Waals surface area contributed by atoms with Crippen LogP contribution in [0.25, 0.3) is 11.0 Å². The number of hydrogen-bond donors (Lipinski definition) is 0. The summed E-state index contributed by atoms with van der Waals surface area (Å²) in [6.07, 6.45) is 3.47. The van der Waals surface area contributed by atoms with E-state index in [1.54, 1.807) is 0 Å². The average Bonchev–Trinajstić information content (AvgIpc) is 3.16. The molecule has 96 valence electrons. The Balaban J connectivity index is 2.10. The van der Waals surface area contributed by atoms with Crippen molar-refractivity contribution in [3.8, 4) is 5.75 Å². The second-order valence-corrected chi connectivity index (χ2v) is 5.00. The Bertz CT molecular complexity index is 560. The Morgan fingerprint density at radius 3 is 2.94 bits per heavy atom. The molecule has 1 saturated carbocycles. The molecule has 1 aromatic carbocycles. The molecule has 1 aromatic heterocycles. The predicted molar refractivity (Wildman–Crippen MR) is 73.3 cm³/mol. The normalized spacial score (nSPS) is 15.2. The Morgan fingerprint density at radius 1 is 1.44 bits per heavy atom. The maximum Gasteiger partial charge on any atom is 0.147 e. The molecular formula is C14H17ClN2O. The lowest BCUT2D eigenvalue weighted by Gasteiger charge is -2.06. The van der Waals surface area contributed by atoms with Crippen molar-refractivity contribution in [1.29, 1.82) is 0 Å². The molecule has 3 nitrogen and oxygen atoms in total. The summed E-state index contributed by atoms with van der Waals surface area (Å²) in [4.78, 5) is 4.65. The molecule has 0 bridgehead atoms. The van der Waals surface area contributed by atoms with Gasteiger partial charge in [0.1, 0.15) is 17.1 Å². The molecule has 0 radical (unpaired) electrons. The first-order chi connectivity index (χ1) is 8.85. The van der Waals surface area contributed by atoms with Crippen LogP contribution >= 0.6 is 11.6 Å². The molecule has 1 heterocycles.